The van der Waals surface area contributed by atoms with E-state index in [1.165, 1.54) is 0 Å². The quantitative estimate of drug-likeness (QED) is 0.558. The van der Waals surface area contributed by atoms with Gasteiger partial charge in [-0.3, -0.25) is 14.2 Å². The van der Waals surface area contributed by atoms with Gasteiger partial charge in [-0.1, -0.05) is 12.1 Å². The molecule has 0 radical (unpaired) electrons. The minimum absolute atomic E-state index is 0.272. The van der Waals surface area contributed by atoms with Gasteiger partial charge in [-0.25, -0.2) is 0 Å². The number of benzene rings is 1. The summed E-state index contributed by atoms with van der Waals surface area (Å²) >= 11 is 0. The first-order chi connectivity index (χ1) is 13.6. The zero-order chi connectivity index (χ0) is 19.5. The third-order valence-corrected chi connectivity index (χ3v) is 4.38. The van der Waals surface area contributed by atoms with E-state index in [-0.39, 0.29) is 11.7 Å². The predicted molar refractivity (Wildman–Crippen MR) is 105 cm³/mol. The summed E-state index contributed by atoms with van der Waals surface area (Å²) in [4.78, 5) is 12.5. The third-order valence-electron chi connectivity index (χ3n) is 4.38. The summed E-state index contributed by atoms with van der Waals surface area (Å²) in [7, 11) is 0. The minimum Gasteiger partial charge on any atom is -0.454 e. The lowest BCUT2D eigenvalue weighted by Gasteiger charge is -2.07. The summed E-state index contributed by atoms with van der Waals surface area (Å²) in [6.45, 7) is 5.08. The molecule has 0 aliphatic rings. The molecular weight excluding hydrogens is 354 g/mol. The summed E-state index contributed by atoms with van der Waals surface area (Å²) in [5.74, 6) is 0.675. The van der Waals surface area contributed by atoms with E-state index < -0.39 is 0 Å². The van der Waals surface area contributed by atoms with E-state index in [1.54, 1.807) is 18.3 Å². The second kappa shape index (κ2) is 7.56. The summed E-state index contributed by atoms with van der Waals surface area (Å²) in [6, 6.07) is 15.1. The Morgan fingerprint density at radius 2 is 2.00 bits per heavy atom. The Balaban J connectivity index is 1.43. The maximum absolute atomic E-state index is 12.5. The SMILES string of the molecule is Cc1cc(C)n(Cc2ccc(C(=O)Nc3cccc(Cn4cccn4)c3)o2)n1. The molecule has 3 heterocycles. The first-order valence-electron chi connectivity index (χ1n) is 9.04. The lowest BCUT2D eigenvalue weighted by atomic mass is 10.2. The van der Waals surface area contributed by atoms with Crippen LogP contribution in [0.25, 0.3) is 0 Å². The molecule has 0 aliphatic carbocycles. The monoisotopic (exact) mass is 375 g/mol. The number of aryl methyl sites for hydroxylation is 2. The summed E-state index contributed by atoms with van der Waals surface area (Å²) in [5, 5.41) is 11.5. The van der Waals surface area contributed by atoms with Gasteiger partial charge in [0.2, 0.25) is 0 Å². The maximum atomic E-state index is 12.5. The highest BCUT2D eigenvalue weighted by atomic mass is 16.4. The normalized spacial score (nSPS) is 10.9. The fourth-order valence-corrected chi connectivity index (χ4v) is 3.09. The lowest BCUT2D eigenvalue weighted by Crippen LogP contribution is -2.11. The van der Waals surface area contributed by atoms with Crippen molar-refractivity contribution in [2.75, 3.05) is 5.32 Å². The number of nitrogens with zero attached hydrogens (tertiary/aromatic N) is 4. The molecule has 28 heavy (non-hydrogen) atoms. The van der Waals surface area contributed by atoms with Gasteiger partial charge < -0.3 is 9.73 Å². The van der Waals surface area contributed by atoms with E-state index in [0.717, 1.165) is 17.0 Å². The van der Waals surface area contributed by atoms with Gasteiger partial charge in [0, 0.05) is 23.8 Å². The Morgan fingerprint density at radius 1 is 1.11 bits per heavy atom. The summed E-state index contributed by atoms with van der Waals surface area (Å²) in [5.41, 5.74) is 3.77. The Bertz CT molecular complexity index is 1090. The van der Waals surface area contributed by atoms with E-state index in [2.05, 4.69) is 15.5 Å². The van der Waals surface area contributed by atoms with Crippen molar-refractivity contribution in [3.63, 3.8) is 0 Å². The molecule has 1 aromatic carbocycles. The van der Waals surface area contributed by atoms with Crippen LogP contribution in [0.2, 0.25) is 0 Å². The molecule has 0 unspecified atom stereocenters. The predicted octanol–water partition coefficient (Wildman–Crippen LogP) is 3.64. The number of hydrogen-bond donors (Lipinski definition) is 1. The number of rotatable bonds is 6. The number of aromatic nitrogens is 4. The van der Waals surface area contributed by atoms with Crippen LogP contribution in [0.5, 0.6) is 0 Å². The van der Waals surface area contributed by atoms with Gasteiger partial charge in [0.05, 0.1) is 18.8 Å². The lowest BCUT2D eigenvalue weighted by molar-refractivity contribution is 0.0994. The number of furan rings is 1. The van der Waals surface area contributed by atoms with Crippen molar-refractivity contribution in [3.8, 4) is 0 Å². The average molecular weight is 375 g/mol. The van der Waals surface area contributed by atoms with E-state index in [4.69, 9.17) is 4.42 Å². The second-order valence-electron chi connectivity index (χ2n) is 6.71. The van der Waals surface area contributed by atoms with Gasteiger partial charge in [-0.2, -0.15) is 10.2 Å². The number of nitrogens with one attached hydrogen (secondary N) is 1. The van der Waals surface area contributed by atoms with Gasteiger partial charge in [-0.15, -0.1) is 0 Å². The third kappa shape index (κ3) is 4.03. The zero-order valence-corrected chi connectivity index (χ0v) is 15.8. The van der Waals surface area contributed by atoms with Crippen molar-refractivity contribution in [1.29, 1.82) is 0 Å². The number of anilines is 1. The summed E-state index contributed by atoms with van der Waals surface area (Å²) in [6.07, 6.45) is 3.64. The molecule has 0 fully saturated rings. The topological polar surface area (TPSA) is 77.9 Å². The number of carbonyl (C=O) groups is 1. The molecule has 0 aliphatic heterocycles. The van der Waals surface area contributed by atoms with Crippen molar-refractivity contribution in [2.24, 2.45) is 0 Å². The van der Waals surface area contributed by atoms with Gasteiger partial charge in [0.25, 0.3) is 5.91 Å². The molecular formula is C21H21N5O2. The molecule has 0 atom stereocenters. The van der Waals surface area contributed by atoms with Crippen LogP contribution in [0, 0.1) is 13.8 Å². The Hall–Kier alpha value is -3.61. The Morgan fingerprint density at radius 3 is 2.75 bits per heavy atom. The second-order valence-corrected chi connectivity index (χ2v) is 6.71. The molecule has 142 valence electrons. The molecule has 1 amide bonds. The zero-order valence-electron chi connectivity index (χ0n) is 15.8. The van der Waals surface area contributed by atoms with Crippen LogP contribution >= 0.6 is 0 Å². The smallest absolute Gasteiger partial charge is 0.291 e. The standard InChI is InChI=1S/C21H21N5O2/c1-15-11-16(2)26(24-15)14-19-7-8-20(28-19)21(27)23-18-6-3-5-17(12-18)13-25-10-4-9-22-25/h3-12H,13-14H2,1-2H3,(H,23,27). The molecule has 7 heteroatoms. The van der Waals surface area contributed by atoms with Crippen molar-refractivity contribution >= 4 is 11.6 Å². The van der Waals surface area contributed by atoms with Crippen LogP contribution in [-0.4, -0.2) is 25.5 Å². The molecule has 0 spiro atoms. The van der Waals surface area contributed by atoms with E-state index in [0.29, 0.717) is 24.5 Å². The molecule has 0 saturated heterocycles. The molecule has 0 bridgehead atoms. The first kappa shape index (κ1) is 17.8. The molecule has 7 nitrogen and oxygen atoms in total. The molecule has 0 saturated carbocycles. The molecule has 1 N–H and O–H groups in total. The number of amides is 1. The van der Waals surface area contributed by atoms with E-state index in [1.807, 2.05) is 65.8 Å². The van der Waals surface area contributed by atoms with Gasteiger partial charge in [0.1, 0.15) is 5.76 Å². The summed E-state index contributed by atoms with van der Waals surface area (Å²) < 4.78 is 9.40. The van der Waals surface area contributed by atoms with Crippen LogP contribution in [0.15, 0.2) is 65.3 Å². The average Bonchev–Trinajstić information content (AvgIpc) is 3.39. The van der Waals surface area contributed by atoms with Crippen LogP contribution < -0.4 is 5.32 Å². The van der Waals surface area contributed by atoms with Crippen LogP contribution in [0.3, 0.4) is 0 Å². The highest BCUT2D eigenvalue weighted by Crippen LogP contribution is 2.16. The molecule has 3 aromatic heterocycles. The van der Waals surface area contributed by atoms with Crippen molar-refractivity contribution < 1.29 is 9.21 Å². The Labute approximate surface area is 162 Å². The fourth-order valence-electron chi connectivity index (χ4n) is 3.09. The van der Waals surface area contributed by atoms with Crippen molar-refractivity contribution in [1.82, 2.24) is 19.6 Å². The Kier molecular flexibility index (Phi) is 4.80. The minimum atomic E-state index is -0.282. The van der Waals surface area contributed by atoms with Crippen LogP contribution in [0.4, 0.5) is 5.69 Å². The van der Waals surface area contributed by atoms with E-state index >= 15 is 0 Å². The maximum Gasteiger partial charge on any atom is 0.291 e. The largest absolute Gasteiger partial charge is 0.454 e. The van der Waals surface area contributed by atoms with E-state index in [9.17, 15) is 4.79 Å². The van der Waals surface area contributed by atoms with Crippen molar-refractivity contribution in [3.05, 3.63) is 89.4 Å². The number of hydrogen-bond acceptors (Lipinski definition) is 4. The van der Waals surface area contributed by atoms with Gasteiger partial charge in [-0.05, 0) is 55.8 Å². The van der Waals surface area contributed by atoms with Crippen LogP contribution in [0.1, 0.15) is 33.3 Å². The van der Waals surface area contributed by atoms with Gasteiger partial charge in [0.15, 0.2) is 5.76 Å². The first-order valence-corrected chi connectivity index (χ1v) is 9.04. The number of carbonyl (C=O) groups excluding carboxylic acids is 1. The van der Waals surface area contributed by atoms with Gasteiger partial charge >= 0.3 is 0 Å². The fraction of sp³-hybridized carbons (Fsp3) is 0.190. The highest BCUT2D eigenvalue weighted by molar-refractivity contribution is 6.02. The highest BCUT2D eigenvalue weighted by Gasteiger charge is 2.13. The van der Waals surface area contributed by atoms with Crippen LogP contribution in [-0.2, 0) is 13.1 Å². The molecule has 4 aromatic rings. The van der Waals surface area contributed by atoms with Crippen molar-refractivity contribution in [2.45, 2.75) is 26.9 Å². The molecule has 4 rings (SSSR count).